The highest BCUT2D eigenvalue weighted by Crippen LogP contribution is 2.51. The maximum absolute atomic E-state index is 6.87. The van der Waals surface area contributed by atoms with Gasteiger partial charge in [0.1, 0.15) is 23.0 Å². The topological polar surface area (TPSA) is 46.8 Å². The van der Waals surface area contributed by atoms with E-state index in [0.717, 1.165) is 67.1 Å². The average Bonchev–Trinajstić information content (AvgIpc) is 3.63. The minimum atomic E-state index is -0.262. The molecule has 0 bridgehead atoms. The van der Waals surface area contributed by atoms with Gasteiger partial charge in [-0.3, -0.25) is 0 Å². The lowest BCUT2D eigenvalue weighted by molar-refractivity contribution is 0.485. The van der Waals surface area contributed by atoms with Crippen molar-refractivity contribution < 1.29 is 18.1 Å². The van der Waals surface area contributed by atoms with E-state index >= 15 is 0 Å². The van der Waals surface area contributed by atoms with Gasteiger partial charge < -0.3 is 27.2 Å². The molecule has 0 spiro atoms. The summed E-state index contributed by atoms with van der Waals surface area (Å²) >= 11 is 0. The predicted molar refractivity (Wildman–Crippen MR) is 232 cm³/mol. The van der Waals surface area contributed by atoms with Crippen LogP contribution in [-0.4, -0.2) is 9.13 Å². The maximum atomic E-state index is 6.87. The number of rotatable bonds is 9. The molecule has 2 unspecified atom stereocenters. The molecule has 0 aliphatic rings. The molecule has 0 radical (unpaired) electrons. The SMILES string of the molecule is Cn1ccc2cc(OPOc3c(-c4cc(C(C)(C)C)cc(C(C)(C)C)c4OPOc4ccc5c(ccn5C)c4)cc(C(C)(C)C)cc3C(C)(C)C)ccc21. The van der Waals surface area contributed by atoms with E-state index in [4.69, 9.17) is 18.1 Å². The van der Waals surface area contributed by atoms with Gasteiger partial charge in [-0.15, -0.1) is 0 Å². The van der Waals surface area contributed by atoms with Crippen molar-refractivity contribution in [3.8, 4) is 34.1 Å². The molecule has 0 N–H and O–H groups in total. The largest absolute Gasteiger partial charge is 0.441 e. The molecule has 4 aromatic carbocycles. The molecule has 0 saturated heterocycles. The lowest BCUT2D eigenvalue weighted by Crippen LogP contribution is -2.19. The third-order valence-electron chi connectivity index (χ3n) is 10.1. The lowest BCUT2D eigenvalue weighted by Gasteiger charge is -2.32. The summed E-state index contributed by atoms with van der Waals surface area (Å²) in [6, 6.07) is 25.8. The van der Waals surface area contributed by atoms with Gasteiger partial charge >= 0.3 is 0 Å². The van der Waals surface area contributed by atoms with E-state index < -0.39 is 0 Å². The molecule has 6 rings (SSSR count). The summed E-state index contributed by atoms with van der Waals surface area (Å²) < 4.78 is 30.7. The Morgan fingerprint density at radius 1 is 0.426 bits per heavy atom. The standard InChI is InChI=1S/C46H58N2O4P2/c1-43(2,3)31-25-35(41(37(27-31)45(7,8)9)51-53-49-33-15-17-39-29(23-33)19-21-47(39)13)36-26-32(44(4,5)6)28-38(46(10,11)12)42(36)52-54-50-34-16-18-40-30(24-34)20-22-48(40)14/h15-28,53-54H,1-14H3. The van der Waals surface area contributed by atoms with E-state index in [2.05, 4.69) is 179 Å². The number of nitrogens with zero attached hydrogens (tertiary/aromatic N) is 2. The van der Waals surface area contributed by atoms with Crippen molar-refractivity contribution in [2.45, 2.75) is 105 Å². The molecule has 6 nitrogen and oxygen atoms in total. The Hall–Kier alpha value is -3.98. The zero-order valence-electron chi connectivity index (χ0n) is 34.6. The summed E-state index contributed by atoms with van der Waals surface area (Å²) in [6.07, 6.45) is 4.13. The van der Waals surface area contributed by atoms with Crippen LogP contribution in [0.25, 0.3) is 32.9 Å². The van der Waals surface area contributed by atoms with Crippen LogP contribution >= 0.6 is 18.1 Å². The second-order valence-corrected chi connectivity index (χ2v) is 19.8. The van der Waals surface area contributed by atoms with E-state index in [1.165, 1.54) is 11.1 Å². The first-order chi connectivity index (χ1) is 25.1. The number of hydrogen-bond acceptors (Lipinski definition) is 4. The van der Waals surface area contributed by atoms with Gasteiger partial charge in [0.05, 0.1) is 0 Å². The van der Waals surface area contributed by atoms with Crippen LogP contribution in [0.15, 0.2) is 85.2 Å². The van der Waals surface area contributed by atoms with Crippen molar-refractivity contribution >= 4 is 39.9 Å². The molecular weight excluding hydrogens is 706 g/mol. The molecular formula is C46H58N2O4P2. The van der Waals surface area contributed by atoms with Crippen molar-refractivity contribution in [2.24, 2.45) is 14.1 Å². The molecule has 54 heavy (non-hydrogen) atoms. The van der Waals surface area contributed by atoms with E-state index in [1.807, 2.05) is 12.1 Å². The molecule has 0 saturated carbocycles. The molecule has 0 aliphatic heterocycles. The van der Waals surface area contributed by atoms with E-state index in [1.54, 1.807) is 0 Å². The Balaban J connectivity index is 1.50. The van der Waals surface area contributed by atoms with Crippen molar-refractivity contribution in [3.05, 3.63) is 107 Å². The number of aromatic nitrogens is 2. The van der Waals surface area contributed by atoms with E-state index in [9.17, 15) is 0 Å². The molecule has 2 aromatic heterocycles. The first-order valence-corrected chi connectivity index (χ1v) is 20.4. The first kappa shape index (κ1) is 39.7. The summed E-state index contributed by atoms with van der Waals surface area (Å²) in [5.41, 5.74) is 8.32. The Morgan fingerprint density at radius 3 is 1.13 bits per heavy atom. The Morgan fingerprint density at radius 2 is 0.796 bits per heavy atom. The number of aryl methyl sites for hydroxylation is 2. The van der Waals surface area contributed by atoms with Gasteiger partial charge in [-0.2, -0.15) is 0 Å². The smallest absolute Gasteiger partial charge is 0.275 e. The second-order valence-electron chi connectivity index (χ2n) is 18.7. The summed E-state index contributed by atoms with van der Waals surface area (Å²) in [5.74, 6) is 3.17. The van der Waals surface area contributed by atoms with Crippen LogP contribution in [0.1, 0.15) is 105 Å². The minimum absolute atomic E-state index is 0.117. The van der Waals surface area contributed by atoms with Gasteiger partial charge in [0, 0.05) is 70.5 Å². The van der Waals surface area contributed by atoms with E-state index in [-0.39, 0.29) is 39.7 Å². The lowest BCUT2D eigenvalue weighted by atomic mass is 9.75. The van der Waals surface area contributed by atoms with Crippen LogP contribution in [0.4, 0.5) is 0 Å². The third-order valence-corrected chi connectivity index (χ3v) is 11.3. The normalized spacial score (nSPS) is 13.2. The molecule has 0 aliphatic carbocycles. The van der Waals surface area contributed by atoms with Crippen LogP contribution in [0.3, 0.4) is 0 Å². The second kappa shape index (κ2) is 14.6. The van der Waals surface area contributed by atoms with Gasteiger partial charge in [-0.05, 0) is 93.5 Å². The molecule has 2 atom stereocenters. The Labute approximate surface area is 326 Å². The average molecular weight is 765 g/mol. The summed E-state index contributed by atoms with van der Waals surface area (Å²) in [7, 11) is 3.58. The monoisotopic (exact) mass is 764 g/mol. The molecule has 0 amide bonds. The van der Waals surface area contributed by atoms with Crippen LogP contribution < -0.4 is 18.1 Å². The molecule has 2 heterocycles. The highest BCUT2D eigenvalue weighted by atomic mass is 31.1. The van der Waals surface area contributed by atoms with Crippen LogP contribution in [-0.2, 0) is 35.8 Å². The van der Waals surface area contributed by atoms with Gasteiger partial charge in [0.2, 0.25) is 0 Å². The molecule has 6 aromatic rings. The minimum Gasteiger partial charge on any atom is -0.441 e. The quantitative estimate of drug-likeness (QED) is 0.138. The highest BCUT2D eigenvalue weighted by Gasteiger charge is 2.32. The van der Waals surface area contributed by atoms with Gasteiger partial charge in [0.15, 0.2) is 0 Å². The zero-order valence-corrected chi connectivity index (χ0v) is 36.6. The summed E-state index contributed by atoms with van der Waals surface area (Å²) in [6.45, 7) is 27.1. The van der Waals surface area contributed by atoms with Crippen molar-refractivity contribution in [3.63, 3.8) is 0 Å². The van der Waals surface area contributed by atoms with Crippen molar-refractivity contribution in [1.82, 2.24) is 9.13 Å². The molecule has 286 valence electrons. The zero-order chi connectivity index (χ0) is 39.4. The van der Waals surface area contributed by atoms with Gasteiger partial charge in [0.25, 0.3) is 18.1 Å². The predicted octanol–water partition coefficient (Wildman–Crippen LogP) is 13.5. The first-order valence-electron chi connectivity index (χ1n) is 18.8. The van der Waals surface area contributed by atoms with Crippen LogP contribution in [0, 0.1) is 0 Å². The molecule has 8 heteroatoms. The van der Waals surface area contributed by atoms with E-state index in [0.29, 0.717) is 0 Å². The maximum Gasteiger partial charge on any atom is 0.275 e. The fraction of sp³-hybridized carbons (Fsp3) is 0.391. The number of hydrogen-bond donors (Lipinski definition) is 0. The summed E-state index contributed by atoms with van der Waals surface area (Å²) in [4.78, 5) is 0. The van der Waals surface area contributed by atoms with Gasteiger partial charge in [-0.25, -0.2) is 0 Å². The van der Waals surface area contributed by atoms with Crippen molar-refractivity contribution in [2.75, 3.05) is 0 Å². The summed E-state index contributed by atoms with van der Waals surface area (Å²) in [5, 5.41) is 2.26. The highest BCUT2D eigenvalue weighted by molar-refractivity contribution is 7.27. The fourth-order valence-corrected chi connectivity index (χ4v) is 7.86. The Bertz CT molecular complexity index is 2140. The Kier molecular flexibility index (Phi) is 10.7. The number of benzene rings is 4. The fourth-order valence-electron chi connectivity index (χ4n) is 6.73. The van der Waals surface area contributed by atoms with Crippen molar-refractivity contribution in [1.29, 1.82) is 0 Å². The number of fused-ring (bicyclic) bond motifs is 2. The third kappa shape index (κ3) is 8.46. The molecule has 0 fully saturated rings. The van der Waals surface area contributed by atoms with Gasteiger partial charge in [-0.1, -0.05) is 95.2 Å². The van der Waals surface area contributed by atoms with Crippen LogP contribution in [0.5, 0.6) is 23.0 Å². The van der Waals surface area contributed by atoms with Crippen LogP contribution in [0.2, 0.25) is 0 Å².